The Bertz CT molecular complexity index is 1240. The van der Waals surface area contributed by atoms with Gasteiger partial charge in [-0.25, -0.2) is 0 Å². The zero-order valence-corrected chi connectivity index (χ0v) is 45.7. The van der Waals surface area contributed by atoms with Gasteiger partial charge >= 0.3 is 5.97 Å². The lowest BCUT2D eigenvalue weighted by Crippen LogP contribution is -2.61. The van der Waals surface area contributed by atoms with Gasteiger partial charge in [-0.3, -0.25) is 4.79 Å². The van der Waals surface area contributed by atoms with E-state index in [0.29, 0.717) is 13.0 Å². The summed E-state index contributed by atoms with van der Waals surface area (Å²) < 4.78 is 34.4. The smallest absolute Gasteiger partial charge is 0.306 e. The third-order valence-corrected chi connectivity index (χ3v) is 14.5. The van der Waals surface area contributed by atoms with E-state index in [1.165, 1.54) is 167 Å². The van der Waals surface area contributed by atoms with Crippen LogP contribution in [0.3, 0.4) is 0 Å². The van der Waals surface area contributed by atoms with E-state index in [2.05, 4.69) is 26.0 Å². The van der Waals surface area contributed by atoms with Crippen molar-refractivity contribution in [1.82, 2.24) is 0 Å². The second-order valence-corrected chi connectivity index (χ2v) is 21.2. The zero-order valence-electron chi connectivity index (χ0n) is 45.7. The fraction of sp³-hybridized carbons (Fsp3) is 0.948. The van der Waals surface area contributed by atoms with Crippen LogP contribution in [-0.4, -0.2) is 142 Å². The Hall–Kier alpha value is -1.27. The summed E-state index contributed by atoms with van der Waals surface area (Å²) in [5.41, 5.74) is 0. The lowest BCUT2D eigenvalue weighted by Gasteiger charge is -2.42. The molecule has 2 rings (SSSR count). The van der Waals surface area contributed by atoms with Gasteiger partial charge < -0.3 is 64.2 Å². The standard InChI is InChI=1S/C58H110O14/c1-3-5-7-9-11-13-15-17-19-20-21-22-23-24-25-26-27-28-30-32-34-36-38-40-42-67-44-47(70-50(60)41-39-37-35-33-31-29-18-16-14-12-10-8-6-4-2)45-68-57-56(66)54(64)52(62)49(72-57)46-69-58-55(65)53(63)51(61)48(43-59)71-58/h16,18,47-49,51-59,61-66H,3-15,17,19-46H2,1-2H3/b18-16-. The van der Waals surface area contributed by atoms with Crippen molar-refractivity contribution in [1.29, 1.82) is 0 Å². The van der Waals surface area contributed by atoms with Gasteiger partial charge in [0.25, 0.3) is 0 Å². The Morgan fingerprint density at radius 3 is 1.26 bits per heavy atom. The summed E-state index contributed by atoms with van der Waals surface area (Å²) >= 11 is 0. The first-order valence-corrected chi connectivity index (χ1v) is 29.8. The summed E-state index contributed by atoms with van der Waals surface area (Å²) in [4.78, 5) is 13.0. The Kier molecular flexibility index (Phi) is 42.6. The average Bonchev–Trinajstić information content (AvgIpc) is 3.38. The molecular weight excluding hydrogens is 921 g/mol. The highest BCUT2D eigenvalue weighted by molar-refractivity contribution is 5.69. The van der Waals surface area contributed by atoms with Gasteiger partial charge in [-0.1, -0.05) is 219 Å². The van der Waals surface area contributed by atoms with Gasteiger partial charge in [0, 0.05) is 13.0 Å². The van der Waals surface area contributed by atoms with Crippen LogP contribution in [-0.2, 0) is 33.2 Å². The predicted molar refractivity (Wildman–Crippen MR) is 284 cm³/mol. The number of aliphatic hydroxyl groups excluding tert-OH is 7. The van der Waals surface area contributed by atoms with Crippen LogP contribution in [0.5, 0.6) is 0 Å². The third kappa shape index (κ3) is 32.3. The molecule has 0 aromatic rings. The van der Waals surface area contributed by atoms with Gasteiger partial charge in [-0.2, -0.15) is 0 Å². The highest BCUT2D eigenvalue weighted by atomic mass is 16.7. The Labute approximate surface area is 437 Å². The number of carbonyl (C=O) groups excluding carboxylic acids is 1. The van der Waals surface area contributed by atoms with Crippen LogP contribution in [0.2, 0.25) is 0 Å². The fourth-order valence-electron chi connectivity index (χ4n) is 9.69. The summed E-state index contributed by atoms with van der Waals surface area (Å²) in [5, 5.41) is 72.3. The quantitative estimate of drug-likeness (QED) is 0.0172. The summed E-state index contributed by atoms with van der Waals surface area (Å²) in [6.07, 6.45) is 34.3. The van der Waals surface area contributed by atoms with E-state index in [4.69, 9.17) is 28.4 Å². The number of aliphatic hydroxyl groups is 7. The summed E-state index contributed by atoms with van der Waals surface area (Å²) in [7, 11) is 0. The van der Waals surface area contributed by atoms with E-state index in [-0.39, 0.29) is 25.6 Å². The molecule has 72 heavy (non-hydrogen) atoms. The van der Waals surface area contributed by atoms with E-state index in [0.717, 1.165) is 57.8 Å². The van der Waals surface area contributed by atoms with Crippen molar-refractivity contribution >= 4 is 5.97 Å². The lowest BCUT2D eigenvalue weighted by atomic mass is 9.98. The van der Waals surface area contributed by atoms with E-state index >= 15 is 0 Å². The normalized spacial score (nSPS) is 25.1. The first kappa shape index (κ1) is 66.8. The lowest BCUT2D eigenvalue weighted by molar-refractivity contribution is -0.332. The molecule has 14 heteroatoms. The number of hydrogen-bond acceptors (Lipinski definition) is 14. The fourth-order valence-corrected chi connectivity index (χ4v) is 9.69. The van der Waals surface area contributed by atoms with Crippen molar-refractivity contribution in [3.05, 3.63) is 12.2 Å². The largest absolute Gasteiger partial charge is 0.457 e. The minimum Gasteiger partial charge on any atom is -0.457 e. The maximum atomic E-state index is 13.0. The van der Waals surface area contributed by atoms with Gasteiger partial charge in [-0.05, 0) is 38.5 Å². The van der Waals surface area contributed by atoms with Gasteiger partial charge in [0.15, 0.2) is 12.6 Å². The van der Waals surface area contributed by atoms with Gasteiger partial charge in [-0.15, -0.1) is 0 Å². The van der Waals surface area contributed by atoms with Crippen molar-refractivity contribution in [3.8, 4) is 0 Å². The molecule has 7 N–H and O–H groups in total. The first-order chi connectivity index (χ1) is 35.1. The highest BCUT2D eigenvalue weighted by Gasteiger charge is 2.47. The Morgan fingerprint density at radius 1 is 0.444 bits per heavy atom. The predicted octanol–water partition coefficient (Wildman–Crippen LogP) is 10.6. The minimum absolute atomic E-state index is 0.0645. The number of rotatable bonds is 49. The molecular formula is C58H110O14. The maximum absolute atomic E-state index is 13.0. The number of ether oxygens (including phenoxy) is 6. The van der Waals surface area contributed by atoms with Gasteiger partial charge in [0.05, 0.1) is 26.4 Å². The molecule has 0 amide bonds. The van der Waals surface area contributed by atoms with Crippen molar-refractivity contribution in [2.75, 3.05) is 33.0 Å². The number of unbranched alkanes of at least 4 members (excludes halogenated alkanes) is 33. The maximum Gasteiger partial charge on any atom is 0.306 e. The van der Waals surface area contributed by atoms with Crippen molar-refractivity contribution < 1.29 is 69.0 Å². The molecule has 426 valence electrons. The number of carbonyl (C=O) groups is 1. The number of allylic oxidation sites excluding steroid dienone is 2. The van der Waals surface area contributed by atoms with E-state index in [1.54, 1.807) is 0 Å². The van der Waals surface area contributed by atoms with Crippen LogP contribution in [0.1, 0.15) is 251 Å². The summed E-state index contributed by atoms with van der Waals surface area (Å²) in [5.74, 6) is -0.379. The van der Waals surface area contributed by atoms with E-state index < -0.39 is 80.7 Å². The molecule has 2 saturated heterocycles. The van der Waals surface area contributed by atoms with Crippen LogP contribution in [0.4, 0.5) is 0 Å². The molecule has 14 nitrogen and oxygen atoms in total. The van der Waals surface area contributed by atoms with Crippen molar-refractivity contribution in [2.24, 2.45) is 0 Å². The molecule has 0 radical (unpaired) electrons. The van der Waals surface area contributed by atoms with Crippen molar-refractivity contribution in [2.45, 2.75) is 319 Å². The number of hydrogen-bond donors (Lipinski definition) is 7. The van der Waals surface area contributed by atoms with Crippen LogP contribution < -0.4 is 0 Å². The molecule has 2 heterocycles. The van der Waals surface area contributed by atoms with Crippen LogP contribution in [0.25, 0.3) is 0 Å². The highest BCUT2D eigenvalue weighted by Crippen LogP contribution is 2.27. The molecule has 2 aliphatic heterocycles. The molecule has 0 bridgehead atoms. The molecule has 0 aromatic heterocycles. The molecule has 0 aromatic carbocycles. The Morgan fingerprint density at radius 2 is 0.819 bits per heavy atom. The third-order valence-electron chi connectivity index (χ3n) is 14.5. The first-order valence-electron chi connectivity index (χ1n) is 29.8. The SMILES string of the molecule is CCCCCCC/C=C\CCCCCCCC(=O)OC(COCCCCCCCCCCCCCCCCCCCCCCCCCC)COC1OC(COC2OC(CO)C(O)C(O)C2O)C(O)C(O)C1O. The zero-order chi connectivity index (χ0) is 52.3. The molecule has 11 atom stereocenters. The van der Waals surface area contributed by atoms with Crippen LogP contribution in [0.15, 0.2) is 12.2 Å². The van der Waals surface area contributed by atoms with E-state index in [9.17, 15) is 40.5 Å². The van der Waals surface area contributed by atoms with Crippen LogP contribution >= 0.6 is 0 Å². The second-order valence-electron chi connectivity index (χ2n) is 21.2. The minimum atomic E-state index is -1.70. The van der Waals surface area contributed by atoms with Gasteiger partial charge in [0.1, 0.15) is 54.9 Å². The number of esters is 1. The monoisotopic (exact) mass is 1030 g/mol. The molecule has 2 fully saturated rings. The van der Waals surface area contributed by atoms with Crippen LogP contribution in [0, 0.1) is 0 Å². The molecule has 2 aliphatic rings. The second kappa shape index (κ2) is 45.9. The molecule has 0 saturated carbocycles. The summed E-state index contributed by atoms with van der Waals surface area (Å²) in [6.45, 7) is 3.72. The topological polar surface area (TPSA) is 214 Å². The Balaban J connectivity index is 1.67. The van der Waals surface area contributed by atoms with Crippen molar-refractivity contribution in [3.63, 3.8) is 0 Å². The van der Waals surface area contributed by atoms with Gasteiger partial charge in [0.2, 0.25) is 0 Å². The molecule has 0 spiro atoms. The summed E-state index contributed by atoms with van der Waals surface area (Å²) in [6, 6.07) is 0. The average molecular weight is 1030 g/mol. The van der Waals surface area contributed by atoms with E-state index in [1.807, 2.05) is 0 Å². The molecule has 11 unspecified atom stereocenters. The molecule has 0 aliphatic carbocycles.